The van der Waals surface area contributed by atoms with Gasteiger partial charge in [0, 0.05) is 31.1 Å². The number of carboxylic acid groups (broad SMARTS) is 1. The van der Waals surface area contributed by atoms with Crippen LogP contribution in [0.1, 0.15) is 32.1 Å². The van der Waals surface area contributed by atoms with Crippen molar-refractivity contribution in [3.63, 3.8) is 0 Å². The zero-order valence-electron chi connectivity index (χ0n) is 17.5. The largest absolute Gasteiger partial charge is 0.484 e. The number of benzene rings is 1. The average Bonchev–Trinajstić information content (AvgIpc) is 3.37. The number of amides is 1. The minimum atomic E-state index is -0.405. The van der Waals surface area contributed by atoms with Gasteiger partial charge in [-0.2, -0.15) is 0 Å². The van der Waals surface area contributed by atoms with Gasteiger partial charge >= 0.3 is 5.97 Å². The van der Waals surface area contributed by atoms with Crippen molar-refractivity contribution >= 4 is 29.9 Å². The predicted octanol–water partition coefficient (Wildman–Crippen LogP) is 2.44. The van der Waals surface area contributed by atoms with Crippen LogP contribution in [-0.2, 0) is 19.1 Å². The average molecular weight is 453 g/mol. The number of rotatable bonds is 5. The molecule has 3 heterocycles. The lowest BCUT2D eigenvalue weighted by Gasteiger charge is -2.36. The summed E-state index contributed by atoms with van der Waals surface area (Å²) in [6.45, 7) is 3.97. The Labute approximate surface area is 187 Å². The summed E-state index contributed by atoms with van der Waals surface area (Å²) in [4.78, 5) is 37.6. The van der Waals surface area contributed by atoms with Crippen molar-refractivity contribution in [2.24, 2.45) is 5.41 Å². The highest BCUT2D eigenvalue weighted by molar-refractivity contribution is 6.30. The number of likely N-dealkylation sites (tertiary alicyclic amines) is 2. The Morgan fingerprint density at radius 2 is 1.81 bits per heavy atom. The van der Waals surface area contributed by atoms with Crippen LogP contribution in [0.5, 0.6) is 5.75 Å². The molecular formula is C22H29ClN2O6. The van der Waals surface area contributed by atoms with Crippen LogP contribution in [0.2, 0.25) is 5.02 Å². The van der Waals surface area contributed by atoms with Gasteiger partial charge in [0.2, 0.25) is 0 Å². The van der Waals surface area contributed by atoms with Crippen LogP contribution >= 0.6 is 11.6 Å². The molecule has 0 radical (unpaired) electrons. The molecule has 3 saturated heterocycles. The molecule has 1 N–H and O–H groups in total. The third kappa shape index (κ3) is 6.11. The van der Waals surface area contributed by atoms with Gasteiger partial charge in [-0.15, -0.1) is 0 Å². The van der Waals surface area contributed by atoms with Crippen molar-refractivity contribution in [1.29, 1.82) is 0 Å². The third-order valence-electron chi connectivity index (χ3n) is 6.23. The number of hydrogen-bond donors (Lipinski definition) is 1. The van der Waals surface area contributed by atoms with Crippen molar-refractivity contribution in [1.82, 2.24) is 9.80 Å². The first-order valence-corrected chi connectivity index (χ1v) is 11.0. The van der Waals surface area contributed by atoms with Gasteiger partial charge in [0.15, 0.2) is 6.61 Å². The smallest absolute Gasteiger partial charge is 0.312 e. The van der Waals surface area contributed by atoms with E-state index in [-0.39, 0.29) is 31.1 Å². The quantitative estimate of drug-likeness (QED) is 0.541. The molecule has 4 rings (SSSR count). The maximum atomic E-state index is 12.6. The lowest BCUT2D eigenvalue weighted by molar-refractivity contribution is -0.153. The molecule has 1 spiro atoms. The molecular weight excluding hydrogens is 424 g/mol. The number of esters is 1. The van der Waals surface area contributed by atoms with E-state index in [1.54, 1.807) is 29.2 Å². The number of piperidine rings is 1. The maximum absolute atomic E-state index is 12.6. The van der Waals surface area contributed by atoms with Crippen LogP contribution in [0.4, 0.5) is 0 Å². The Hall–Kier alpha value is -2.32. The Bertz CT molecular complexity index is 758. The SMILES string of the molecule is O=C(COc1ccc(Cl)cc1)N1CCC2(CC1)CC(CN1CCCC1)OC2=O.O=CO. The van der Waals surface area contributed by atoms with Crippen LogP contribution < -0.4 is 4.74 Å². The molecule has 0 aliphatic carbocycles. The van der Waals surface area contributed by atoms with Crippen LogP contribution in [0.25, 0.3) is 0 Å². The van der Waals surface area contributed by atoms with Crippen LogP contribution in [0, 0.1) is 5.41 Å². The second-order valence-electron chi connectivity index (χ2n) is 8.25. The van der Waals surface area contributed by atoms with Gasteiger partial charge in [0.1, 0.15) is 11.9 Å². The zero-order valence-corrected chi connectivity index (χ0v) is 18.3. The van der Waals surface area contributed by atoms with Gasteiger partial charge in [-0.3, -0.25) is 19.3 Å². The molecule has 1 unspecified atom stereocenters. The Balaban J connectivity index is 0.000000858. The summed E-state index contributed by atoms with van der Waals surface area (Å²) in [6, 6.07) is 6.96. The first-order valence-electron chi connectivity index (χ1n) is 10.6. The minimum absolute atomic E-state index is 0.00101. The fourth-order valence-electron chi connectivity index (χ4n) is 4.55. The highest BCUT2D eigenvalue weighted by atomic mass is 35.5. The third-order valence-corrected chi connectivity index (χ3v) is 6.49. The predicted molar refractivity (Wildman–Crippen MR) is 114 cm³/mol. The van der Waals surface area contributed by atoms with Crippen molar-refractivity contribution in [3.8, 4) is 5.75 Å². The molecule has 9 heteroatoms. The van der Waals surface area contributed by atoms with E-state index in [4.69, 9.17) is 31.0 Å². The Morgan fingerprint density at radius 1 is 1.19 bits per heavy atom. The van der Waals surface area contributed by atoms with Gasteiger partial charge in [0.05, 0.1) is 5.41 Å². The Morgan fingerprint density at radius 3 is 2.42 bits per heavy atom. The molecule has 31 heavy (non-hydrogen) atoms. The second-order valence-corrected chi connectivity index (χ2v) is 8.68. The second kappa shape index (κ2) is 10.8. The number of hydrogen-bond acceptors (Lipinski definition) is 6. The maximum Gasteiger partial charge on any atom is 0.312 e. The van der Waals surface area contributed by atoms with Gasteiger partial charge in [-0.05, 0) is 63.0 Å². The lowest BCUT2D eigenvalue weighted by Crippen LogP contribution is -2.46. The summed E-state index contributed by atoms with van der Waals surface area (Å²) in [5, 5.41) is 7.52. The van der Waals surface area contributed by atoms with E-state index in [0.29, 0.717) is 36.7 Å². The van der Waals surface area contributed by atoms with Crippen LogP contribution in [0.3, 0.4) is 0 Å². The number of ether oxygens (including phenoxy) is 2. The van der Waals surface area contributed by atoms with Crippen molar-refractivity contribution in [2.75, 3.05) is 39.3 Å². The van der Waals surface area contributed by atoms with Crippen molar-refractivity contribution in [2.45, 2.75) is 38.2 Å². The Kier molecular flexibility index (Phi) is 8.15. The summed E-state index contributed by atoms with van der Waals surface area (Å²) in [5.74, 6) is 0.501. The number of nitrogens with zero attached hydrogens (tertiary/aromatic N) is 2. The zero-order chi connectivity index (χ0) is 22.3. The van der Waals surface area contributed by atoms with E-state index in [1.165, 1.54) is 12.8 Å². The lowest BCUT2D eigenvalue weighted by atomic mass is 9.76. The number of halogens is 1. The minimum Gasteiger partial charge on any atom is -0.484 e. The van der Waals surface area contributed by atoms with E-state index >= 15 is 0 Å². The molecule has 170 valence electrons. The fraction of sp³-hybridized carbons (Fsp3) is 0.591. The van der Waals surface area contributed by atoms with E-state index in [9.17, 15) is 9.59 Å². The van der Waals surface area contributed by atoms with E-state index < -0.39 is 5.41 Å². The summed E-state index contributed by atoms with van der Waals surface area (Å²) < 4.78 is 11.3. The number of carbonyl (C=O) groups excluding carboxylic acids is 2. The topological polar surface area (TPSA) is 96.4 Å². The van der Waals surface area contributed by atoms with Crippen LogP contribution in [-0.4, -0.2) is 78.7 Å². The molecule has 1 aromatic carbocycles. The molecule has 0 saturated carbocycles. The standard InChI is InChI=1S/C21H27ClN2O4.CH2O2/c22-16-3-5-17(6-4-16)27-15-19(25)24-11-7-21(8-12-24)13-18(28-20(21)26)14-23-9-1-2-10-23;2-1-3/h3-6,18H,1-2,7-15H2;1H,(H,2,3). The molecule has 1 atom stereocenters. The van der Waals surface area contributed by atoms with E-state index in [1.807, 2.05) is 0 Å². The molecule has 3 aliphatic rings. The molecule has 8 nitrogen and oxygen atoms in total. The number of cyclic esters (lactones) is 1. The van der Waals surface area contributed by atoms with Gasteiger partial charge in [0.25, 0.3) is 12.4 Å². The highest BCUT2D eigenvalue weighted by Crippen LogP contribution is 2.43. The van der Waals surface area contributed by atoms with E-state index in [2.05, 4.69) is 4.90 Å². The fourth-order valence-corrected chi connectivity index (χ4v) is 4.68. The van der Waals surface area contributed by atoms with Crippen molar-refractivity contribution < 1.29 is 29.0 Å². The van der Waals surface area contributed by atoms with Crippen molar-refractivity contribution in [3.05, 3.63) is 29.3 Å². The summed E-state index contributed by atoms with van der Waals surface area (Å²) in [7, 11) is 0. The normalized spacial score (nSPS) is 22.5. The first kappa shape index (κ1) is 23.3. The van der Waals surface area contributed by atoms with Gasteiger partial charge in [-0.25, -0.2) is 0 Å². The van der Waals surface area contributed by atoms with E-state index in [0.717, 1.165) is 26.1 Å². The molecule has 0 bridgehead atoms. The highest BCUT2D eigenvalue weighted by Gasteiger charge is 2.51. The molecule has 1 amide bonds. The first-order chi connectivity index (χ1) is 15.0. The molecule has 3 aliphatic heterocycles. The number of carbonyl (C=O) groups is 3. The monoisotopic (exact) mass is 452 g/mol. The summed E-state index contributed by atoms with van der Waals surface area (Å²) in [6.07, 6.45) is 4.61. The molecule has 0 aromatic heterocycles. The van der Waals surface area contributed by atoms with Gasteiger partial charge in [-0.1, -0.05) is 11.6 Å². The molecule has 1 aromatic rings. The van der Waals surface area contributed by atoms with Crippen LogP contribution in [0.15, 0.2) is 24.3 Å². The molecule has 3 fully saturated rings. The van der Waals surface area contributed by atoms with Gasteiger partial charge < -0.3 is 19.5 Å². The summed E-state index contributed by atoms with van der Waals surface area (Å²) in [5.41, 5.74) is -0.405. The summed E-state index contributed by atoms with van der Waals surface area (Å²) >= 11 is 5.85.